The number of hydrogen-bond acceptors (Lipinski definition) is 5. The fraction of sp³-hybridized carbons (Fsp3) is 0.600. The van der Waals surface area contributed by atoms with Gasteiger partial charge in [-0.3, -0.25) is 0 Å². The van der Waals surface area contributed by atoms with Gasteiger partial charge in [-0.05, 0) is 12.8 Å². The molecule has 0 bridgehead atoms. The molecule has 88 valence electrons. The van der Waals surface area contributed by atoms with Gasteiger partial charge in [0.1, 0.15) is 5.02 Å². The summed E-state index contributed by atoms with van der Waals surface area (Å²) in [4.78, 5) is 8.07. The minimum atomic E-state index is 0.255. The highest BCUT2D eigenvalue weighted by Crippen LogP contribution is 2.22. The van der Waals surface area contributed by atoms with Crippen LogP contribution in [0.15, 0.2) is 6.20 Å². The summed E-state index contributed by atoms with van der Waals surface area (Å²) in [5.41, 5.74) is 0. The van der Waals surface area contributed by atoms with E-state index in [1.807, 2.05) is 0 Å². The van der Waals surface area contributed by atoms with Crippen molar-refractivity contribution in [2.75, 3.05) is 25.6 Å². The van der Waals surface area contributed by atoms with Crippen LogP contribution in [0.2, 0.25) is 5.02 Å². The Kier molecular flexibility index (Phi) is 3.79. The van der Waals surface area contributed by atoms with Crippen LogP contribution in [0.25, 0.3) is 0 Å². The number of methoxy groups -OCH3 is 1. The maximum atomic E-state index is 5.99. The van der Waals surface area contributed by atoms with Crippen molar-refractivity contribution in [1.82, 2.24) is 9.97 Å². The molecule has 5 nitrogen and oxygen atoms in total. The van der Waals surface area contributed by atoms with E-state index in [1.165, 1.54) is 13.3 Å². The number of halogens is 1. The molecule has 0 aromatic carbocycles. The lowest BCUT2D eigenvalue weighted by atomic mass is 10.1. The normalized spacial score (nSPS) is 20.5. The van der Waals surface area contributed by atoms with Crippen molar-refractivity contribution in [3.8, 4) is 6.01 Å². The SMILES string of the molecule is COc1ncc(Cl)c(NC2CCCOC2)n1. The van der Waals surface area contributed by atoms with E-state index in [9.17, 15) is 0 Å². The van der Waals surface area contributed by atoms with E-state index < -0.39 is 0 Å². The number of hydrogen-bond donors (Lipinski definition) is 1. The first-order valence-electron chi connectivity index (χ1n) is 5.20. The third-order valence-corrected chi connectivity index (χ3v) is 2.68. The second-order valence-corrected chi connectivity index (χ2v) is 4.02. The highest BCUT2D eigenvalue weighted by molar-refractivity contribution is 6.32. The third-order valence-electron chi connectivity index (χ3n) is 2.41. The fourth-order valence-electron chi connectivity index (χ4n) is 1.60. The Labute approximate surface area is 99.1 Å². The van der Waals surface area contributed by atoms with E-state index in [0.29, 0.717) is 23.5 Å². The van der Waals surface area contributed by atoms with E-state index in [4.69, 9.17) is 21.1 Å². The Bertz CT molecular complexity index is 356. The van der Waals surface area contributed by atoms with E-state index in [-0.39, 0.29) is 6.04 Å². The van der Waals surface area contributed by atoms with Gasteiger partial charge in [-0.2, -0.15) is 4.98 Å². The number of rotatable bonds is 3. The molecule has 1 aliphatic heterocycles. The molecule has 2 heterocycles. The van der Waals surface area contributed by atoms with Crippen LogP contribution in [0.4, 0.5) is 5.82 Å². The molecule has 0 aliphatic carbocycles. The zero-order valence-corrected chi connectivity index (χ0v) is 9.83. The molecule has 2 rings (SSSR count). The monoisotopic (exact) mass is 243 g/mol. The van der Waals surface area contributed by atoms with Crippen LogP contribution in [0.3, 0.4) is 0 Å². The average molecular weight is 244 g/mol. The average Bonchev–Trinajstić information content (AvgIpc) is 2.33. The molecular weight excluding hydrogens is 230 g/mol. The highest BCUT2D eigenvalue weighted by atomic mass is 35.5. The van der Waals surface area contributed by atoms with Gasteiger partial charge in [-0.1, -0.05) is 11.6 Å². The van der Waals surface area contributed by atoms with Crippen molar-refractivity contribution in [1.29, 1.82) is 0 Å². The smallest absolute Gasteiger partial charge is 0.318 e. The lowest BCUT2D eigenvalue weighted by Crippen LogP contribution is -2.30. The van der Waals surface area contributed by atoms with Gasteiger partial charge in [0, 0.05) is 6.61 Å². The quantitative estimate of drug-likeness (QED) is 0.876. The number of aromatic nitrogens is 2. The molecule has 1 saturated heterocycles. The molecule has 0 amide bonds. The summed E-state index contributed by atoms with van der Waals surface area (Å²) >= 11 is 5.99. The number of nitrogens with zero attached hydrogens (tertiary/aromatic N) is 2. The first-order chi connectivity index (χ1) is 7.79. The zero-order chi connectivity index (χ0) is 11.4. The molecule has 0 saturated carbocycles. The van der Waals surface area contributed by atoms with Crippen LogP contribution < -0.4 is 10.1 Å². The minimum absolute atomic E-state index is 0.255. The van der Waals surface area contributed by atoms with Crippen LogP contribution in [0.5, 0.6) is 6.01 Å². The first-order valence-corrected chi connectivity index (χ1v) is 5.58. The van der Waals surface area contributed by atoms with Gasteiger partial charge in [-0.25, -0.2) is 4.98 Å². The van der Waals surface area contributed by atoms with Gasteiger partial charge >= 0.3 is 6.01 Å². The van der Waals surface area contributed by atoms with Crippen molar-refractivity contribution in [3.05, 3.63) is 11.2 Å². The van der Waals surface area contributed by atoms with Gasteiger partial charge in [0.05, 0.1) is 26.0 Å². The lowest BCUT2D eigenvalue weighted by Gasteiger charge is -2.23. The highest BCUT2D eigenvalue weighted by Gasteiger charge is 2.16. The van der Waals surface area contributed by atoms with E-state index in [0.717, 1.165) is 19.4 Å². The Balaban J connectivity index is 2.06. The Morgan fingerprint density at radius 3 is 3.19 bits per heavy atom. The van der Waals surface area contributed by atoms with Crippen LogP contribution in [0, 0.1) is 0 Å². The maximum Gasteiger partial charge on any atom is 0.318 e. The number of ether oxygens (including phenoxy) is 2. The van der Waals surface area contributed by atoms with Crippen molar-refractivity contribution >= 4 is 17.4 Å². The molecule has 1 fully saturated rings. The molecule has 16 heavy (non-hydrogen) atoms. The van der Waals surface area contributed by atoms with Crippen LogP contribution >= 0.6 is 11.6 Å². The number of anilines is 1. The molecule has 0 spiro atoms. The molecule has 1 unspecified atom stereocenters. The van der Waals surface area contributed by atoms with Crippen LogP contribution in [-0.4, -0.2) is 36.3 Å². The predicted octanol–water partition coefficient (Wildman–Crippen LogP) is 1.73. The van der Waals surface area contributed by atoms with Gasteiger partial charge in [0.25, 0.3) is 0 Å². The first kappa shape index (κ1) is 11.4. The summed E-state index contributed by atoms with van der Waals surface area (Å²) in [6.07, 6.45) is 3.64. The summed E-state index contributed by atoms with van der Waals surface area (Å²) in [5, 5.41) is 3.73. The lowest BCUT2D eigenvalue weighted by molar-refractivity contribution is 0.0875. The van der Waals surface area contributed by atoms with Crippen LogP contribution in [-0.2, 0) is 4.74 Å². The van der Waals surface area contributed by atoms with Gasteiger partial charge in [0.2, 0.25) is 0 Å². The molecular formula is C10H14ClN3O2. The third kappa shape index (κ3) is 2.74. The summed E-state index contributed by atoms with van der Waals surface area (Å²) in [5.74, 6) is 0.601. The Hall–Kier alpha value is -1.07. The van der Waals surface area contributed by atoms with Crippen molar-refractivity contribution < 1.29 is 9.47 Å². The standard InChI is InChI=1S/C10H14ClN3O2/c1-15-10-12-5-8(11)9(14-10)13-7-3-2-4-16-6-7/h5,7H,2-4,6H2,1H3,(H,12,13,14). The molecule has 0 radical (unpaired) electrons. The Morgan fingerprint density at radius 2 is 2.50 bits per heavy atom. The van der Waals surface area contributed by atoms with Crippen molar-refractivity contribution in [2.45, 2.75) is 18.9 Å². The second kappa shape index (κ2) is 5.32. The molecule has 1 atom stereocenters. The molecule has 1 aliphatic rings. The largest absolute Gasteiger partial charge is 0.467 e. The zero-order valence-electron chi connectivity index (χ0n) is 9.07. The van der Waals surface area contributed by atoms with Crippen molar-refractivity contribution in [3.63, 3.8) is 0 Å². The van der Waals surface area contributed by atoms with Crippen molar-refractivity contribution in [2.24, 2.45) is 0 Å². The van der Waals surface area contributed by atoms with E-state index in [2.05, 4.69) is 15.3 Å². The summed E-state index contributed by atoms with van der Waals surface area (Å²) in [6, 6.07) is 0.564. The summed E-state index contributed by atoms with van der Waals surface area (Å²) in [7, 11) is 1.52. The van der Waals surface area contributed by atoms with E-state index >= 15 is 0 Å². The Morgan fingerprint density at radius 1 is 1.62 bits per heavy atom. The molecule has 1 aromatic rings. The van der Waals surface area contributed by atoms with E-state index in [1.54, 1.807) is 0 Å². The summed E-state index contributed by atoms with van der Waals surface area (Å²) in [6.45, 7) is 1.52. The fourth-order valence-corrected chi connectivity index (χ4v) is 1.74. The number of nitrogens with one attached hydrogen (secondary N) is 1. The second-order valence-electron chi connectivity index (χ2n) is 3.61. The molecule has 6 heteroatoms. The van der Waals surface area contributed by atoms with Crippen LogP contribution in [0.1, 0.15) is 12.8 Å². The van der Waals surface area contributed by atoms with Gasteiger partial charge in [0.15, 0.2) is 5.82 Å². The molecule has 1 N–H and O–H groups in total. The predicted molar refractivity (Wildman–Crippen MR) is 61.1 cm³/mol. The summed E-state index contributed by atoms with van der Waals surface area (Å²) < 4.78 is 10.3. The maximum absolute atomic E-state index is 5.99. The van der Waals surface area contributed by atoms with Gasteiger partial charge < -0.3 is 14.8 Å². The van der Waals surface area contributed by atoms with Gasteiger partial charge in [-0.15, -0.1) is 0 Å². The topological polar surface area (TPSA) is 56.3 Å². The molecule has 1 aromatic heterocycles. The minimum Gasteiger partial charge on any atom is -0.467 e.